The van der Waals surface area contributed by atoms with Gasteiger partial charge in [0, 0.05) is 12.8 Å². The highest BCUT2D eigenvalue weighted by atomic mass is 16.6. The minimum atomic E-state index is -1.46. The summed E-state index contributed by atoms with van der Waals surface area (Å²) in [7, 11) is 3.80. The first-order chi connectivity index (χ1) is 30.4. The van der Waals surface area contributed by atoms with Crippen LogP contribution in [-0.4, -0.2) is 101 Å². The summed E-state index contributed by atoms with van der Waals surface area (Å²) in [6.07, 6.45) is 23.3. The summed E-state index contributed by atoms with van der Waals surface area (Å²) in [5.41, 5.74) is -1.46. The molecule has 0 fully saturated rings. The summed E-state index contributed by atoms with van der Waals surface area (Å²) in [6, 6.07) is 0. The van der Waals surface area contributed by atoms with Gasteiger partial charge in [0.1, 0.15) is 31.8 Å². The van der Waals surface area contributed by atoms with E-state index in [2.05, 4.69) is 27.7 Å². The van der Waals surface area contributed by atoms with Crippen molar-refractivity contribution in [2.45, 2.75) is 214 Å². The van der Waals surface area contributed by atoms with E-state index < -0.39 is 54.4 Å². The Kier molecular flexibility index (Phi) is 39.4. The number of nitrogens with zero attached hydrogens (tertiary/aromatic N) is 1. The summed E-state index contributed by atoms with van der Waals surface area (Å²) < 4.78 is 33.6. The SMILES string of the molecule is CCCCCCCCCOC(=O)CCC(=O)OCC(COC(=O)CCCN(C)C)(COC(=O)CCC(=O)OCCCCCCCCC)COC(=O)CC(CCCCC)CCCCC. The van der Waals surface area contributed by atoms with Crippen LogP contribution >= 0.6 is 0 Å². The van der Waals surface area contributed by atoms with Crippen molar-refractivity contribution in [3.63, 3.8) is 0 Å². The van der Waals surface area contributed by atoms with Gasteiger partial charge in [-0.05, 0) is 58.7 Å². The summed E-state index contributed by atoms with van der Waals surface area (Å²) >= 11 is 0. The van der Waals surface area contributed by atoms with Gasteiger partial charge in [-0.3, -0.25) is 28.8 Å². The predicted octanol–water partition coefficient (Wildman–Crippen LogP) is 10.8. The van der Waals surface area contributed by atoms with Gasteiger partial charge in [-0.15, -0.1) is 0 Å². The number of carbonyl (C=O) groups is 6. The maximum Gasteiger partial charge on any atom is 0.306 e. The second-order valence-electron chi connectivity index (χ2n) is 17.8. The summed E-state index contributed by atoms with van der Waals surface area (Å²) in [4.78, 5) is 79.4. The number of carbonyl (C=O) groups excluding carboxylic acids is 6. The molecule has 0 saturated heterocycles. The van der Waals surface area contributed by atoms with Gasteiger partial charge in [-0.2, -0.15) is 0 Å². The lowest BCUT2D eigenvalue weighted by atomic mass is 9.91. The summed E-state index contributed by atoms with van der Waals surface area (Å²) in [5, 5.41) is 0. The molecule has 0 saturated carbocycles. The largest absolute Gasteiger partial charge is 0.466 e. The highest BCUT2D eigenvalue weighted by molar-refractivity contribution is 5.78. The molecule has 0 aromatic carbocycles. The molecular formula is C50H91NO12. The van der Waals surface area contributed by atoms with Gasteiger partial charge in [0.15, 0.2) is 0 Å². The first-order valence-corrected chi connectivity index (χ1v) is 25.0. The molecule has 0 atom stereocenters. The van der Waals surface area contributed by atoms with Crippen LogP contribution in [0.15, 0.2) is 0 Å². The van der Waals surface area contributed by atoms with E-state index in [0.717, 1.165) is 103 Å². The standard InChI is InChI=1S/C50H91NO12/c1-7-11-15-17-19-21-25-36-58-45(53)31-33-47(55)61-40-50(39-60-44(52)30-27-35-51(5)6,42-63-49(57)38-43(28-23-13-9-3)29-24-14-10-4)41-62-48(56)34-32-46(54)59-37-26-22-20-18-16-12-8-2/h43H,7-42H2,1-6H3. The van der Waals surface area contributed by atoms with E-state index in [0.29, 0.717) is 13.0 Å². The van der Waals surface area contributed by atoms with Gasteiger partial charge >= 0.3 is 35.8 Å². The molecule has 0 amide bonds. The van der Waals surface area contributed by atoms with E-state index >= 15 is 0 Å². The molecule has 368 valence electrons. The monoisotopic (exact) mass is 898 g/mol. The van der Waals surface area contributed by atoms with Crippen molar-refractivity contribution >= 4 is 35.8 Å². The molecule has 0 radical (unpaired) electrons. The van der Waals surface area contributed by atoms with E-state index in [-0.39, 0.29) is 70.9 Å². The molecule has 13 heteroatoms. The lowest BCUT2D eigenvalue weighted by Gasteiger charge is -2.32. The molecular weight excluding hydrogens is 807 g/mol. The zero-order chi connectivity index (χ0) is 46.8. The second kappa shape index (κ2) is 41.5. The first-order valence-electron chi connectivity index (χ1n) is 25.0. The van der Waals surface area contributed by atoms with Crippen molar-refractivity contribution in [2.75, 3.05) is 60.3 Å². The molecule has 0 aromatic heterocycles. The Balaban J connectivity index is 5.83. The predicted molar refractivity (Wildman–Crippen MR) is 247 cm³/mol. The van der Waals surface area contributed by atoms with Crippen LogP contribution in [0.25, 0.3) is 0 Å². The van der Waals surface area contributed by atoms with E-state index in [9.17, 15) is 28.8 Å². The van der Waals surface area contributed by atoms with Crippen molar-refractivity contribution < 1.29 is 57.2 Å². The molecule has 0 bridgehead atoms. The fourth-order valence-corrected chi connectivity index (χ4v) is 6.99. The minimum absolute atomic E-state index is 0.118. The molecule has 0 rings (SSSR count). The Morgan fingerprint density at radius 3 is 1.08 bits per heavy atom. The molecule has 63 heavy (non-hydrogen) atoms. The number of esters is 6. The molecule has 0 spiro atoms. The lowest BCUT2D eigenvalue weighted by molar-refractivity contribution is -0.172. The van der Waals surface area contributed by atoms with Crippen LogP contribution in [-0.2, 0) is 57.2 Å². The quantitative estimate of drug-likeness (QED) is 0.0323. The Bertz CT molecular complexity index is 1130. The number of hydrogen-bond acceptors (Lipinski definition) is 13. The zero-order valence-corrected chi connectivity index (χ0v) is 40.9. The van der Waals surface area contributed by atoms with Crippen LogP contribution in [0.1, 0.15) is 214 Å². The van der Waals surface area contributed by atoms with Crippen LogP contribution in [0.5, 0.6) is 0 Å². The van der Waals surface area contributed by atoms with Crippen molar-refractivity contribution in [2.24, 2.45) is 11.3 Å². The van der Waals surface area contributed by atoms with Gasteiger partial charge in [0.05, 0.1) is 38.9 Å². The van der Waals surface area contributed by atoms with Gasteiger partial charge in [0.2, 0.25) is 0 Å². The van der Waals surface area contributed by atoms with Crippen molar-refractivity contribution in [1.82, 2.24) is 4.90 Å². The minimum Gasteiger partial charge on any atom is -0.466 e. The molecule has 0 unspecified atom stereocenters. The molecule has 0 aliphatic carbocycles. The Morgan fingerprint density at radius 2 is 0.698 bits per heavy atom. The number of ether oxygens (including phenoxy) is 6. The molecule has 0 heterocycles. The van der Waals surface area contributed by atoms with E-state index in [1.54, 1.807) is 0 Å². The van der Waals surface area contributed by atoms with Crippen molar-refractivity contribution in [3.8, 4) is 0 Å². The van der Waals surface area contributed by atoms with Crippen molar-refractivity contribution in [3.05, 3.63) is 0 Å². The second-order valence-corrected chi connectivity index (χ2v) is 17.8. The van der Waals surface area contributed by atoms with E-state index in [4.69, 9.17) is 28.4 Å². The Labute approximate surface area is 382 Å². The molecule has 0 aliphatic heterocycles. The molecule has 0 aliphatic rings. The molecule has 0 N–H and O–H groups in total. The van der Waals surface area contributed by atoms with Crippen molar-refractivity contribution in [1.29, 1.82) is 0 Å². The Hall–Kier alpha value is -3.22. The normalized spacial score (nSPS) is 11.4. The summed E-state index contributed by atoms with van der Waals surface area (Å²) in [6.45, 7) is 8.27. The number of unbranched alkanes of at least 4 members (excludes halogenated alkanes) is 16. The third-order valence-corrected chi connectivity index (χ3v) is 11.1. The third kappa shape index (κ3) is 37.8. The van der Waals surface area contributed by atoms with Crippen LogP contribution in [0.4, 0.5) is 0 Å². The van der Waals surface area contributed by atoms with Crippen LogP contribution < -0.4 is 0 Å². The zero-order valence-electron chi connectivity index (χ0n) is 40.9. The highest BCUT2D eigenvalue weighted by Gasteiger charge is 2.38. The maximum atomic E-state index is 13.5. The fourth-order valence-electron chi connectivity index (χ4n) is 6.99. The van der Waals surface area contributed by atoms with Gasteiger partial charge < -0.3 is 33.3 Å². The van der Waals surface area contributed by atoms with Gasteiger partial charge in [-0.1, -0.05) is 143 Å². The topological polar surface area (TPSA) is 161 Å². The average Bonchev–Trinajstić information content (AvgIpc) is 3.26. The van der Waals surface area contributed by atoms with E-state index in [1.807, 2.05) is 19.0 Å². The molecule has 0 aromatic rings. The van der Waals surface area contributed by atoms with Crippen LogP contribution in [0.2, 0.25) is 0 Å². The highest BCUT2D eigenvalue weighted by Crippen LogP contribution is 2.26. The lowest BCUT2D eigenvalue weighted by Crippen LogP contribution is -2.44. The molecule has 13 nitrogen and oxygen atoms in total. The van der Waals surface area contributed by atoms with E-state index in [1.165, 1.54) is 38.5 Å². The van der Waals surface area contributed by atoms with Crippen LogP contribution in [0, 0.1) is 11.3 Å². The number of hydrogen-bond donors (Lipinski definition) is 0. The fraction of sp³-hybridized carbons (Fsp3) is 0.880. The smallest absolute Gasteiger partial charge is 0.306 e. The van der Waals surface area contributed by atoms with Gasteiger partial charge in [0.25, 0.3) is 0 Å². The first kappa shape index (κ1) is 59.8. The summed E-state index contributed by atoms with van der Waals surface area (Å²) in [5.74, 6) is -3.25. The average molecular weight is 898 g/mol. The Morgan fingerprint density at radius 1 is 0.381 bits per heavy atom. The number of rotatable bonds is 44. The van der Waals surface area contributed by atoms with Crippen LogP contribution in [0.3, 0.4) is 0 Å². The maximum absolute atomic E-state index is 13.5. The van der Waals surface area contributed by atoms with Gasteiger partial charge in [-0.25, -0.2) is 0 Å². The third-order valence-electron chi connectivity index (χ3n) is 11.1.